The lowest BCUT2D eigenvalue weighted by atomic mass is 9.93. The quantitative estimate of drug-likeness (QED) is 0.727. The van der Waals surface area contributed by atoms with Gasteiger partial charge >= 0.3 is 0 Å². The number of hydrogen-bond donors (Lipinski definition) is 1. The first-order valence-corrected chi connectivity index (χ1v) is 8.17. The van der Waals surface area contributed by atoms with Crippen molar-refractivity contribution in [3.8, 4) is 0 Å². The summed E-state index contributed by atoms with van der Waals surface area (Å²) < 4.78 is 16.5. The second kappa shape index (κ2) is 5.77. The van der Waals surface area contributed by atoms with E-state index in [4.69, 9.17) is 0 Å². The summed E-state index contributed by atoms with van der Waals surface area (Å²) >= 11 is 3.51. The topological polar surface area (TPSA) is 42.7 Å². The van der Waals surface area contributed by atoms with Crippen molar-refractivity contribution in [1.29, 1.82) is 0 Å². The van der Waals surface area contributed by atoms with Gasteiger partial charge in [-0.25, -0.2) is 9.07 Å². The van der Waals surface area contributed by atoms with Gasteiger partial charge in [0, 0.05) is 4.47 Å². The SMILES string of the molecule is Fc1cccc([C@H]2C[C@@H](c3cccc(Br)c3)Nc3ncnn32)c1. The van der Waals surface area contributed by atoms with E-state index in [1.807, 2.05) is 22.9 Å². The highest BCUT2D eigenvalue weighted by Crippen LogP contribution is 2.37. The molecule has 0 radical (unpaired) electrons. The van der Waals surface area contributed by atoms with Crippen molar-refractivity contribution in [2.24, 2.45) is 0 Å². The Morgan fingerprint density at radius 1 is 1.13 bits per heavy atom. The predicted octanol–water partition coefficient (Wildman–Crippen LogP) is 4.33. The first kappa shape index (κ1) is 14.4. The molecule has 0 bridgehead atoms. The summed E-state index contributed by atoms with van der Waals surface area (Å²) in [4.78, 5) is 4.29. The Balaban J connectivity index is 1.75. The molecule has 1 N–H and O–H groups in total. The van der Waals surface area contributed by atoms with E-state index in [1.54, 1.807) is 12.1 Å². The van der Waals surface area contributed by atoms with Gasteiger partial charge in [0.15, 0.2) is 0 Å². The minimum absolute atomic E-state index is 0.0477. The standard InChI is InChI=1S/C17H14BrFN4/c18-13-5-1-3-11(7-13)15-9-16(12-4-2-6-14(19)8-12)23-17(22-15)20-10-21-23/h1-8,10,15-16H,9H2,(H,20,21,22)/t15-,16+/m0/s1. The Hall–Kier alpha value is -2.21. The second-order valence-corrected chi connectivity index (χ2v) is 6.50. The van der Waals surface area contributed by atoms with Crippen molar-refractivity contribution in [2.45, 2.75) is 18.5 Å². The molecule has 3 aromatic rings. The highest BCUT2D eigenvalue weighted by Gasteiger charge is 2.30. The first-order valence-electron chi connectivity index (χ1n) is 7.38. The third kappa shape index (κ3) is 2.74. The molecule has 0 aliphatic carbocycles. The molecule has 2 heterocycles. The number of anilines is 1. The van der Waals surface area contributed by atoms with Gasteiger partial charge in [-0.2, -0.15) is 10.1 Å². The molecule has 116 valence electrons. The van der Waals surface area contributed by atoms with E-state index in [0.29, 0.717) is 5.95 Å². The first-order chi connectivity index (χ1) is 11.2. The number of halogens is 2. The molecule has 23 heavy (non-hydrogen) atoms. The average molecular weight is 373 g/mol. The number of rotatable bonds is 2. The number of nitrogens with one attached hydrogen (secondary N) is 1. The van der Waals surface area contributed by atoms with Crippen molar-refractivity contribution in [3.63, 3.8) is 0 Å². The molecule has 1 aliphatic heterocycles. The number of fused-ring (bicyclic) bond motifs is 1. The van der Waals surface area contributed by atoms with Crippen molar-refractivity contribution in [3.05, 3.63) is 76.3 Å². The van der Waals surface area contributed by atoms with Crippen molar-refractivity contribution < 1.29 is 4.39 Å². The summed E-state index contributed by atoms with van der Waals surface area (Å²) in [7, 11) is 0. The van der Waals surface area contributed by atoms with E-state index in [2.05, 4.69) is 43.5 Å². The van der Waals surface area contributed by atoms with Gasteiger partial charge in [0.2, 0.25) is 5.95 Å². The van der Waals surface area contributed by atoms with E-state index in [0.717, 1.165) is 22.0 Å². The lowest BCUT2D eigenvalue weighted by Gasteiger charge is -2.31. The molecule has 0 saturated heterocycles. The lowest BCUT2D eigenvalue weighted by Crippen LogP contribution is -2.28. The van der Waals surface area contributed by atoms with Crippen LogP contribution in [0.15, 0.2) is 59.3 Å². The maximum absolute atomic E-state index is 13.6. The Kier molecular flexibility index (Phi) is 3.61. The summed E-state index contributed by atoms with van der Waals surface area (Å²) in [6.07, 6.45) is 2.30. The van der Waals surface area contributed by atoms with Gasteiger partial charge < -0.3 is 5.32 Å². The molecule has 4 nitrogen and oxygen atoms in total. The van der Waals surface area contributed by atoms with Gasteiger partial charge in [-0.3, -0.25) is 0 Å². The molecule has 1 aliphatic rings. The van der Waals surface area contributed by atoms with Crippen LogP contribution in [0, 0.1) is 5.82 Å². The second-order valence-electron chi connectivity index (χ2n) is 5.59. The van der Waals surface area contributed by atoms with Crippen LogP contribution >= 0.6 is 15.9 Å². The molecule has 0 amide bonds. The molecule has 0 spiro atoms. The van der Waals surface area contributed by atoms with E-state index < -0.39 is 0 Å². The minimum Gasteiger partial charge on any atom is -0.348 e. The summed E-state index contributed by atoms with van der Waals surface area (Å²) in [5, 5.41) is 7.71. The summed E-state index contributed by atoms with van der Waals surface area (Å²) in [6.45, 7) is 0. The third-order valence-electron chi connectivity index (χ3n) is 4.12. The fourth-order valence-electron chi connectivity index (χ4n) is 3.05. The largest absolute Gasteiger partial charge is 0.348 e. The van der Waals surface area contributed by atoms with Crippen LogP contribution in [0.1, 0.15) is 29.6 Å². The maximum atomic E-state index is 13.6. The fourth-order valence-corrected chi connectivity index (χ4v) is 3.47. The Bertz CT molecular complexity index is 848. The monoisotopic (exact) mass is 372 g/mol. The van der Waals surface area contributed by atoms with Crippen molar-refractivity contribution in [2.75, 3.05) is 5.32 Å². The van der Waals surface area contributed by atoms with Crippen LogP contribution < -0.4 is 5.32 Å². The Morgan fingerprint density at radius 3 is 2.78 bits per heavy atom. The van der Waals surface area contributed by atoms with Gasteiger partial charge in [-0.1, -0.05) is 40.2 Å². The normalized spacial score (nSPS) is 19.9. The zero-order valence-electron chi connectivity index (χ0n) is 12.2. The number of nitrogens with zero attached hydrogens (tertiary/aromatic N) is 3. The molecule has 0 fully saturated rings. The summed E-state index contributed by atoms with van der Waals surface area (Å²) in [6, 6.07) is 14.9. The van der Waals surface area contributed by atoms with E-state index in [1.165, 1.54) is 12.4 Å². The van der Waals surface area contributed by atoms with Gasteiger partial charge in [0.05, 0.1) is 12.1 Å². The fraction of sp³-hybridized carbons (Fsp3) is 0.176. The number of hydrogen-bond acceptors (Lipinski definition) is 3. The van der Waals surface area contributed by atoms with E-state index in [9.17, 15) is 4.39 Å². The van der Waals surface area contributed by atoms with E-state index in [-0.39, 0.29) is 17.9 Å². The zero-order valence-corrected chi connectivity index (χ0v) is 13.7. The van der Waals surface area contributed by atoms with Crippen LogP contribution in [-0.2, 0) is 0 Å². The van der Waals surface area contributed by atoms with Crippen LogP contribution in [0.25, 0.3) is 0 Å². The average Bonchev–Trinajstić information content (AvgIpc) is 3.02. The molecule has 1 aromatic heterocycles. The Labute approximate surface area is 141 Å². The maximum Gasteiger partial charge on any atom is 0.222 e. The van der Waals surface area contributed by atoms with Gasteiger partial charge in [0.1, 0.15) is 12.1 Å². The molecule has 2 atom stereocenters. The molecule has 4 rings (SSSR count). The lowest BCUT2D eigenvalue weighted by molar-refractivity contribution is 0.429. The number of aromatic nitrogens is 3. The summed E-state index contributed by atoms with van der Waals surface area (Å²) in [5.41, 5.74) is 2.06. The molecular weight excluding hydrogens is 359 g/mol. The van der Waals surface area contributed by atoms with Gasteiger partial charge in [-0.05, 0) is 41.8 Å². The highest BCUT2D eigenvalue weighted by molar-refractivity contribution is 9.10. The van der Waals surface area contributed by atoms with Gasteiger partial charge in [0.25, 0.3) is 0 Å². The zero-order chi connectivity index (χ0) is 15.8. The third-order valence-corrected chi connectivity index (χ3v) is 4.61. The van der Waals surface area contributed by atoms with Crippen molar-refractivity contribution in [1.82, 2.24) is 14.8 Å². The molecule has 2 aromatic carbocycles. The molecule has 6 heteroatoms. The van der Waals surface area contributed by atoms with Crippen LogP contribution in [0.2, 0.25) is 0 Å². The van der Waals surface area contributed by atoms with Crippen LogP contribution in [-0.4, -0.2) is 14.8 Å². The van der Waals surface area contributed by atoms with Crippen molar-refractivity contribution >= 4 is 21.9 Å². The van der Waals surface area contributed by atoms with Crippen LogP contribution in [0.4, 0.5) is 10.3 Å². The molecular formula is C17H14BrFN4. The van der Waals surface area contributed by atoms with Crippen LogP contribution in [0.3, 0.4) is 0 Å². The Morgan fingerprint density at radius 2 is 1.96 bits per heavy atom. The molecule has 0 unspecified atom stereocenters. The number of benzene rings is 2. The predicted molar refractivity (Wildman–Crippen MR) is 89.7 cm³/mol. The minimum atomic E-state index is -0.235. The molecule has 0 saturated carbocycles. The van der Waals surface area contributed by atoms with Gasteiger partial charge in [-0.15, -0.1) is 0 Å². The smallest absolute Gasteiger partial charge is 0.222 e. The highest BCUT2D eigenvalue weighted by atomic mass is 79.9. The van der Waals surface area contributed by atoms with Crippen LogP contribution in [0.5, 0.6) is 0 Å². The van der Waals surface area contributed by atoms with E-state index >= 15 is 0 Å². The summed E-state index contributed by atoms with van der Waals surface area (Å²) in [5.74, 6) is 0.470.